The molecule has 0 unspecified atom stereocenters. The largest absolute Gasteiger partial charge is 0.480 e. The summed E-state index contributed by atoms with van der Waals surface area (Å²) in [6, 6.07) is 6.27. The minimum atomic E-state index is -1.15. The second-order valence-corrected chi connectivity index (χ2v) is 7.31. The van der Waals surface area contributed by atoms with Crippen molar-refractivity contribution in [2.75, 3.05) is 12.3 Å². The van der Waals surface area contributed by atoms with E-state index in [-0.39, 0.29) is 17.2 Å². The van der Waals surface area contributed by atoms with Crippen molar-refractivity contribution in [3.63, 3.8) is 0 Å². The molecule has 1 aliphatic rings. The quantitative estimate of drug-likeness (QED) is 0.452. The average Bonchev–Trinajstić information content (AvgIpc) is 3.31. The van der Waals surface area contributed by atoms with Crippen LogP contribution in [0.4, 0.5) is 5.82 Å². The number of aromatic nitrogens is 3. The fourth-order valence-electron chi connectivity index (χ4n) is 3.50. The lowest BCUT2D eigenvalue weighted by Crippen LogP contribution is -2.20. The van der Waals surface area contributed by atoms with E-state index in [4.69, 9.17) is 31.9 Å². The Hall–Kier alpha value is -2.92. The molecular weight excluding hydrogens is 416 g/mol. The van der Waals surface area contributed by atoms with Crippen molar-refractivity contribution in [3.8, 4) is 5.75 Å². The number of anilines is 1. The number of aliphatic hydroxyl groups is 2. The van der Waals surface area contributed by atoms with E-state index in [2.05, 4.69) is 9.97 Å². The fraction of sp³-hybridized carbons (Fsp3) is 0.316. The number of nitrogen functional groups attached to an aromatic ring is 1. The van der Waals surface area contributed by atoms with E-state index >= 15 is 0 Å². The number of fused-ring (bicyclic) bond motifs is 1. The second kappa shape index (κ2) is 8.07. The van der Waals surface area contributed by atoms with Gasteiger partial charge in [-0.15, -0.1) is 0 Å². The average molecular weight is 435 g/mol. The van der Waals surface area contributed by atoms with E-state index in [0.717, 1.165) is 0 Å². The first-order valence-corrected chi connectivity index (χ1v) is 9.45. The molecule has 0 saturated carbocycles. The van der Waals surface area contributed by atoms with Crippen LogP contribution in [-0.4, -0.2) is 54.6 Å². The molecule has 2 aromatic heterocycles. The number of carboxylic acids is 1. The van der Waals surface area contributed by atoms with Gasteiger partial charge in [0, 0.05) is 12.6 Å². The highest BCUT2D eigenvalue weighted by Crippen LogP contribution is 2.38. The molecule has 0 amide bonds. The summed E-state index contributed by atoms with van der Waals surface area (Å²) in [6.07, 6.45) is -0.309. The zero-order chi connectivity index (χ0) is 21.4. The Morgan fingerprint density at radius 2 is 2.20 bits per heavy atom. The number of aliphatic hydroxyl groups excluding tert-OH is 2. The molecule has 3 aromatic rings. The van der Waals surface area contributed by atoms with Gasteiger partial charge in [0.15, 0.2) is 12.8 Å². The first-order chi connectivity index (χ1) is 14.3. The number of benzene rings is 1. The topological polar surface area (TPSA) is 153 Å². The normalized spacial score (nSPS) is 22.3. The van der Waals surface area contributed by atoms with E-state index in [1.165, 1.54) is 18.5 Å². The Bertz CT molecular complexity index is 1090. The Kier molecular flexibility index (Phi) is 5.48. The van der Waals surface area contributed by atoms with Crippen LogP contribution in [0.15, 0.2) is 36.8 Å². The van der Waals surface area contributed by atoms with Crippen LogP contribution >= 0.6 is 11.6 Å². The maximum atomic E-state index is 10.8. The third-order valence-corrected chi connectivity index (χ3v) is 5.24. The van der Waals surface area contributed by atoms with Crippen molar-refractivity contribution in [3.05, 3.63) is 47.4 Å². The lowest BCUT2D eigenvalue weighted by molar-refractivity contribution is -0.139. The molecule has 0 spiro atoms. The molecule has 3 heterocycles. The van der Waals surface area contributed by atoms with Crippen molar-refractivity contribution in [2.24, 2.45) is 0 Å². The number of rotatable bonds is 6. The van der Waals surface area contributed by atoms with Crippen LogP contribution in [-0.2, 0) is 9.53 Å². The number of halogens is 1. The van der Waals surface area contributed by atoms with Crippen LogP contribution in [0.5, 0.6) is 5.75 Å². The van der Waals surface area contributed by atoms with E-state index in [1.54, 1.807) is 22.9 Å². The van der Waals surface area contributed by atoms with Gasteiger partial charge in [-0.2, -0.15) is 0 Å². The molecule has 4 rings (SSSR count). The molecule has 1 saturated heterocycles. The van der Waals surface area contributed by atoms with Crippen LogP contribution < -0.4 is 10.5 Å². The highest BCUT2D eigenvalue weighted by Gasteiger charge is 2.40. The predicted molar refractivity (Wildman–Crippen MR) is 106 cm³/mol. The van der Waals surface area contributed by atoms with Crippen LogP contribution in [0.1, 0.15) is 24.3 Å². The van der Waals surface area contributed by atoms with Crippen LogP contribution in [0, 0.1) is 0 Å². The number of carboxylic acid groups (broad SMARTS) is 1. The summed E-state index contributed by atoms with van der Waals surface area (Å²) in [7, 11) is 0. The summed E-state index contributed by atoms with van der Waals surface area (Å²) in [5, 5.41) is 31.0. The molecule has 1 fully saturated rings. The monoisotopic (exact) mass is 434 g/mol. The summed E-state index contributed by atoms with van der Waals surface area (Å²) >= 11 is 6.03. The minimum absolute atomic E-state index is 0.134. The summed E-state index contributed by atoms with van der Waals surface area (Å²) in [5.74, 6) is -0.697. The Balaban J connectivity index is 1.55. The maximum Gasteiger partial charge on any atom is 0.341 e. The molecule has 0 aliphatic carbocycles. The summed E-state index contributed by atoms with van der Waals surface area (Å²) < 4.78 is 12.7. The summed E-state index contributed by atoms with van der Waals surface area (Å²) in [6.45, 7) is -0.564. The van der Waals surface area contributed by atoms with E-state index < -0.39 is 37.1 Å². The van der Waals surface area contributed by atoms with Crippen LogP contribution in [0.3, 0.4) is 0 Å². The number of aliphatic carboxylic acids is 1. The lowest BCUT2D eigenvalue weighted by Gasteiger charge is -2.21. The van der Waals surface area contributed by atoms with Crippen molar-refractivity contribution >= 4 is 34.4 Å². The van der Waals surface area contributed by atoms with Crippen molar-refractivity contribution in [2.45, 2.75) is 31.0 Å². The van der Waals surface area contributed by atoms with Gasteiger partial charge >= 0.3 is 5.97 Å². The van der Waals surface area contributed by atoms with E-state index in [9.17, 15) is 15.0 Å². The summed E-state index contributed by atoms with van der Waals surface area (Å²) in [4.78, 5) is 18.9. The van der Waals surface area contributed by atoms with Crippen LogP contribution in [0.25, 0.3) is 11.0 Å². The molecule has 30 heavy (non-hydrogen) atoms. The zero-order valence-corrected chi connectivity index (χ0v) is 16.3. The number of ether oxygens (including phenoxy) is 2. The highest BCUT2D eigenvalue weighted by molar-refractivity contribution is 6.32. The highest BCUT2D eigenvalue weighted by atomic mass is 35.5. The molecule has 11 heteroatoms. The molecule has 10 nitrogen and oxygen atoms in total. The van der Waals surface area contributed by atoms with Gasteiger partial charge in [0.05, 0.1) is 16.5 Å². The van der Waals surface area contributed by atoms with E-state index in [1.807, 2.05) is 0 Å². The zero-order valence-electron chi connectivity index (χ0n) is 15.6. The maximum absolute atomic E-state index is 10.8. The fourth-order valence-corrected chi connectivity index (χ4v) is 3.67. The van der Waals surface area contributed by atoms with Crippen LogP contribution in [0.2, 0.25) is 5.02 Å². The molecule has 4 atom stereocenters. The molecule has 1 aromatic carbocycles. The van der Waals surface area contributed by atoms with Crippen molar-refractivity contribution < 1.29 is 29.6 Å². The lowest BCUT2D eigenvalue weighted by atomic mass is 10.0. The number of nitrogens with zero attached hydrogens (tertiary/aromatic N) is 3. The molecule has 158 valence electrons. The van der Waals surface area contributed by atoms with Gasteiger partial charge in [-0.25, -0.2) is 14.8 Å². The second-order valence-electron chi connectivity index (χ2n) is 6.90. The molecule has 1 aliphatic heterocycles. The summed E-state index contributed by atoms with van der Waals surface area (Å²) in [5.41, 5.74) is 6.79. The Morgan fingerprint density at radius 1 is 1.40 bits per heavy atom. The van der Waals surface area contributed by atoms with Crippen molar-refractivity contribution in [1.82, 2.24) is 14.5 Å². The molecular formula is C19H19ClN4O6. The smallest absolute Gasteiger partial charge is 0.341 e. The van der Waals surface area contributed by atoms with Gasteiger partial charge in [-0.1, -0.05) is 17.7 Å². The van der Waals surface area contributed by atoms with Crippen molar-refractivity contribution in [1.29, 1.82) is 0 Å². The SMILES string of the molecule is Nc1ncnc2c1ccn2[C@@H]1O[C@H]([C@H](O)c2ccc(Cl)c(OCC(=O)O)c2)C[C@H]1O. The third kappa shape index (κ3) is 3.77. The standard InChI is InChI=1S/C19H19ClN4O6/c20-11-2-1-9(5-13(11)29-7-15(26)27)16(28)14-6-12(25)19(30-14)24-4-3-10-17(21)22-8-23-18(10)24/h1-5,8,12,14,16,19,25,28H,6-7H2,(H,26,27)(H2,21,22,23)/t12-,14+,16-,19-/m1/s1. The van der Waals surface area contributed by atoms with E-state index in [0.29, 0.717) is 22.4 Å². The number of nitrogens with two attached hydrogens (primary N) is 1. The Labute approximate surface area is 175 Å². The van der Waals surface area contributed by atoms with Gasteiger partial charge < -0.3 is 35.1 Å². The van der Waals surface area contributed by atoms with Gasteiger partial charge in [0.1, 0.15) is 35.7 Å². The van der Waals surface area contributed by atoms with Gasteiger partial charge in [-0.05, 0) is 23.8 Å². The van der Waals surface area contributed by atoms with Gasteiger partial charge in [0.2, 0.25) is 0 Å². The number of hydrogen-bond acceptors (Lipinski definition) is 8. The number of hydrogen-bond donors (Lipinski definition) is 4. The number of carbonyl (C=O) groups is 1. The molecule has 0 bridgehead atoms. The molecule has 5 N–H and O–H groups in total. The van der Waals surface area contributed by atoms with Gasteiger partial charge in [0.25, 0.3) is 0 Å². The first-order valence-electron chi connectivity index (χ1n) is 9.08. The first kappa shape index (κ1) is 20.4. The third-order valence-electron chi connectivity index (χ3n) is 4.93. The van der Waals surface area contributed by atoms with Gasteiger partial charge in [-0.3, -0.25) is 0 Å². The predicted octanol–water partition coefficient (Wildman–Crippen LogP) is 1.51. The molecule has 0 radical (unpaired) electrons. The minimum Gasteiger partial charge on any atom is -0.480 e. The Morgan fingerprint density at radius 3 is 2.97 bits per heavy atom.